The maximum Gasteiger partial charge on any atom is 0.315 e. The van der Waals surface area contributed by atoms with Gasteiger partial charge in [0.2, 0.25) is 0 Å². The van der Waals surface area contributed by atoms with Gasteiger partial charge >= 0.3 is 12.0 Å². The Balaban J connectivity index is 2.58. The summed E-state index contributed by atoms with van der Waals surface area (Å²) in [6.07, 6.45) is 0. The van der Waals surface area contributed by atoms with Crippen LogP contribution in [0.2, 0.25) is 0 Å². The van der Waals surface area contributed by atoms with Crippen molar-refractivity contribution in [3.63, 3.8) is 0 Å². The monoisotopic (exact) mass is 270 g/mol. The lowest BCUT2D eigenvalue weighted by molar-refractivity contribution is -0.150. The third kappa shape index (κ3) is 3.39. The minimum Gasteiger partial charge on any atom is -0.481 e. The molecule has 0 unspecified atom stereocenters. The Kier molecular flexibility index (Phi) is 4.07. The van der Waals surface area contributed by atoms with Crippen molar-refractivity contribution >= 4 is 12.0 Å². The zero-order valence-corrected chi connectivity index (χ0v) is 11.3. The quantitative estimate of drug-likeness (QED) is 0.590. The van der Waals surface area contributed by atoms with Crippen LogP contribution in [0.15, 0.2) is 0 Å². The van der Waals surface area contributed by atoms with Gasteiger partial charge in [0.05, 0.1) is 17.5 Å². The molecule has 9 heteroatoms. The Morgan fingerprint density at radius 1 is 1.32 bits per heavy atom. The highest BCUT2D eigenvalue weighted by Gasteiger charge is 2.44. The lowest BCUT2D eigenvalue weighted by Gasteiger charge is -2.38. The van der Waals surface area contributed by atoms with Crippen LogP contribution >= 0.6 is 0 Å². The zero-order chi connectivity index (χ0) is 14.7. The Bertz CT molecular complexity index is 454. The molecule has 0 atom stereocenters. The van der Waals surface area contributed by atoms with Gasteiger partial charge < -0.3 is 15.7 Å². The molecule has 9 nitrogen and oxygen atoms in total. The van der Waals surface area contributed by atoms with E-state index >= 15 is 0 Å². The lowest BCUT2D eigenvalue weighted by Crippen LogP contribution is -2.58. The fraction of sp³-hybridized carbons (Fsp3) is 0.700. The summed E-state index contributed by atoms with van der Waals surface area (Å²) in [5.74, 6) is -0.651. The molecule has 106 valence electrons. The molecule has 0 saturated carbocycles. The van der Waals surface area contributed by atoms with E-state index in [1.54, 1.807) is 27.7 Å². The number of rotatable bonds is 5. The van der Waals surface area contributed by atoms with Crippen molar-refractivity contribution in [2.24, 2.45) is 5.41 Å². The number of aromatic nitrogens is 4. The number of carboxylic acid groups (broad SMARTS) is 1. The third-order valence-electron chi connectivity index (χ3n) is 3.32. The van der Waals surface area contributed by atoms with E-state index in [4.69, 9.17) is 5.11 Å². The van der Waals surface area contributed by atoms with E-state index in [0.717, 1.165) is 0 Å². The number of carbonyl (C=O) groups is 2. The molecule has 0 aliphatic heterocycles. The molecule has 1 heterocycles. The number of nitrogens with zero attached hydrogens (tertiary/aromatic N) is 3. The Hall–Kier alpha value is -2.19. The number of hydrogen-bond acceptors (Lipinski definition) is 5. The SMILES string of the molecule is CC(C)(NC(=O)NCc1nn[nH]n1)C(C)(C)C(=O)O. The van der Waals surface area contributed by atoms with Crippen molar-refractivity contribution < 1.29 is 14.7 Å². The van der Waals surface area contributed by atoms with Crippen LogP contribution in [0.5, 0.6) is 0 Å². The summed E-state index contributed by atoms with van der Waals surface area (Å²) in [6, 6.07) is -0.496. The van der Waals surface area contributed by atoms with Crippen molar-refractivity contribution in [2.45, 2.75) is 39.8 Å². The third-order valence-corrected chi connectivity index (χ3v) is 3.32. The summed E-state index contributed by atoms with van der Waals surface area (Å²) in [6.45, 7) is 6.50. The van der Waals surface area contributed by atoms with E-state index in [0.29, 0.717) is 5.82 Å². The van der Waals surface area contributed by atoms with Crippen LogP contribution in [-0.4, -0.2) is 43.3 Å². The molecule has 0 spiro atoms. The second kappa shape index (κ2) is 5.21. The number of nitrogens with one attached hydrogen (secondary N) is 3. The molecule has 1 aromatic heterocycles. The molecule has 0 radical (unpaired) electrons. The Morgan fingerprint density at radius 2 is 1.95 bits per heavy atom. The number of aliphatic carboxylic acids is 1. The highest BCUT2D eigenvalue weighted by molar-refractivity contribution is 5.79. The van der Waals surface area contributed by atoms with Crippen molar-refractivity contribution in [3.8, 4) is 0 Å². The number of tetrazole rings is 1. The molecular weight excluding hydrogens is 252 g/mol. The van der Waals surface area contributed by atoms with Gasteiger partial charge in [-0.25, -0.2) is 4.79 Å². The fourth-order valence-corrected chi connectivity index (χ4v) is 1.17. The molecule has 1 rings (SSSR count). The number of urea groups is 1. The minimum atomic E-state index is -1.11. The topological polar surface area (TPSA) is 133 Å². The summed E-state index contributed by atoms with van der Waals surface area (Å²) in [7, 11) is 0. The van der Waals surface area contributed by atoms with E-state index in [1.807, 2.05) is 0 Å². The van der Waals surface area contributed by atoms with Gasteiger partial charge in [-0.2, -0.15) is 5.21 Å². The fourth-order valence-electron chi connectivity index (χ4n) is 1.17. The minimum absolute atomic E-state index is 0.103. The maximum absolute atomic E-state index is 11.7. The van der Waals surface area contributed by atoms with E-state index in [9.17, 15) is 9.59 Å². The first-order valence-electron chi connectivity index (χ1n) is 5.68. The van der Waals surface area contributed by atoms with Gasteiger partial charge in [-0.3, -0.25) is 4.79 Å². The summed E-state index contributed by atoms with van der Waals surface area (Å²) in [5.41, 5.74) is -2.04. The average Bonchev–Trinajstić information content (AvgIpc) is 2.78. The van der Waals surface area contributed by atoms with Crippen LogP contribution in [-0.2, 0) is 11.3 Å². The first-order chi connectivity index (χ1) is 8.67. The summed E-state index contributed by atoms with van der Waals surface area (Å²) < 4.78 is 0. The smallest absolute Gasteiger partial charge is 0.315 e. The van der Waals surface area contributed by atoms with Crippen molar-refractivity contribution in [2.75, 3.05) is 0 Å². The van der Waals surface area contributed by atoms with Crippen LogP contribution in [0.1, 0.15) is 33.5 Å². The summed E-state index contributed by atoms with van der Waals surface area (Å²) >= 11 is 0. The van der Waals surface area contributed by atoms with Crippen LogP contribution in [0, 0.1) is 5.41 Å². The Morgan fingerprint density at radius 3 is 2.42 bits per heavy atom. The van der Waals surface area contributed by atoms with Gasteiger partial charge in [-0.15, -0.1) is 10.2 Å². The highest BCUT2D eigenvalue weighted by atomic mass is 16.4. The molecule has 0 aliphatic carbocycles. The maximum atomic E-state index is 11.7. The predicted molar refractivity (Wildman–Crippen MR) is 65.0 cm³/mol. The Labute approximate surface area is 110 Å². The van der Waals surface area contributed by atoms with Gasteiger partial charge in [-0.05, 0) is 27.7 Å². The van der Waals surface area contributed by atoms with Crippen LogP contribution < -0.4 is 10.6 Å². The molecule has 0 aromatic carbocycles. The molecular formula is C10H18N6O3. The van der Waals surface area contributed by atoms with Gasteiger partial charge in [-0.1, -0.05) is 5.21 Å². The van der Waals surface area contributed by atoms with Crippen LogP contribution in [0.25, 0.3) is 0 Å². The molecule has 19 heavy (non-hydrogen) atoms. The summed E-state index contributed by atoms with van der Waals surface area (Å²) in [5, 5.41) is 27.3. The zero-order valence-electron chi connectivity index (χ0n) is 11.3. The molecule has 1 aromatic rings. The second-order valence-electron chi connectivity index (χ2n) is 5.19. The molecule has 0 fully saturated rings. The van der Waals surface area contributed by atoms with Gasteiger partial charge in [0.25, 0.3) is 0 Å². The molecule has 4 N–H and O–H groups in total. The number of amides is 2. The number of hydrogen-bond donors (Lipinski definition) is 4. The average molecular weight is 270 g/mol. The largest absolute Gasteiger partial charge is 0.481 e. The van der Waals surface area contributed by atoms with Gasteiger partial charge in [0, 0.05) is 0 Å². The van der Waals surface area contributed by atoms with E-state index in [2.05, 4.69) is 31.3 Å². The molecule has 2 amide bonds. The normalized spacial score (nSPS) is 12.0. The van der Waals surface area contributed by atoms with E-state index in [1.165, 1.54) is 0 Å². The second-order valence-corrected chi connectivity index (χ2v) is 5.19. The number of carboxylic acids is 1. The number of aromatic amines is 1. The van der Waals surface area contributed by atoms with Crippen molar-refractivity contribution in [1.82, 2.24) is 31.3 Å². The van der Waals surface area contributed by atoms with E-state index in [-0.39, 0.29) is 6.54 Å². The molecule has 0 saturated heterocycles. The van der Waals surface area contributed by atoms with Gasteiger partial charge in [0.15, 0.2) is 5.82 Å². The van der Waals surface area contributed by atoms with Gasteiger partial charge in [0.1, 0.15) is 0 Å². The van der Waals surface area contributed by atoms with Crippen LogP contribution in [0.3, 0.4) is 0 Å². The summed E-state index contributed by atoms with van der Waals surface area (Å²) in [4.78, 5) is 22.9. The van der Waals surface area contributed by atoms with Crippen LogP contribution in [0.4, 0.5) is 4.79 Å². The highest BCUT2D eigenvalue weighted by Crippen LogP contribution is 2.30. The molecule has 0 bridgehead atoms. The van der Waals surface area contributed by atoms with Crippen molar-refractivity contribution in [1.29, 1.82) is 0 Å². The van der Waals surface area contributed by atoms with E-state index < -0.39 is 23.0 Å². The predicted octanol–water partition coefficient (Wildman–Crippen LogP) is -0.112. The molecule has 0 aliphatic rings. The standard InChI is InChI=1S/C10H18N6O3/c1-9(2,7(17)18)10(3,4)12-8(19)11-5-6-13-15-16-14-6/h5H2,1-4H3,(H,17,18)(H2,11,12,19)(H,13,14,15,16). The first kappa shape index (κ1) is 14.9. The first-order valence-corrected chi connectivity index (χ1v) is 5.68. The lowest BCUT2D eigenvalue weighted by atomic mass is 9.74. The number of carbonyl (C=O) groups excluding carboxylic acids is 1. The number of H-pyrrole nitrogens is 1. The van der Waals surface area contributed by atoms with Crippen molar-refractivity contribution in [3.05, 3.63) is 5.82 Å².